The Hall–Kier alpha value is -1.39. The maximum Gasteiger partial charge on any atom is 0.229 e. The molecular weight excluding hydrogens is 228 g/mol. The summed E-state index contributed by atoms with van der Waals surface area (Å²) in [5.74, 6) is -0.302. The average Bonchev–Trinajstić information content (AvgIpc) is 2.37. The Kier molecular flexibility index (Phi) is 5.82. The fourth-order valence-corrected chi connectivity index (χ4v) is 1.79. The summed E-state index contributed by atoms with van der Waals surface area (Å²) in [6.07, 6.45) is 0. The molecule has 0 aliphatic rings. The first-order valence-electron chi connectivity index (χ1n) is 6.26. The molecule has 0 fully saturated rings. The zero-order chi connectivity index (χ0) is 13.5. The van der Waals surface area contributed by atoms with E-state index in [9.17, 15) is 9.90 Å². The predicted octanol–water partition coefficient (Wildman–Crippen LogP) is 0.862. The van der Waals surface area contributed by atoms with Crippen molar-refractivity contribution in [2.45, 2.75) is 25.8 Å². The van der Waals surface area contributed by atoms with Gasteiger partial charge >= 0.3 is 0 Å². The second-order valence-electron chi connectivity index (χ2n) is 4.74. The second kappa shape index (κ2) is 7.13. The first kappa shape index (κ1) is 14.7. The van der Waals surface area contributed by atoms with Crippen molar-refractivity contribution in [2.24, 2.45) is 11.7 Å². The molecular formula is C14H22N2O2. The third kappa shape index (κ3) is 3.82. The molecule has 0 aliphatic carbocycles. The van der Waals surface area contributed by atoms with Gasteiger partial charge in [-0.15, -0.1) is 0 Å². The van der Waals surface area contributed by atoms with Crippen LogP contribution < -0.4 is 11.1 Å². The molecule has 0 saturated carbocycles. The van der Waals surface area contributed by atoms with Gasteiger partial charge in [0.1, 0.15) is 0 Å². The van der Waals surface area contributed by atoms with Crippen LogP contribution in [0.3, 0.4) is 0 Å². The molecule has 0 radical (unpaired) electrons. The van der Waals surface area contributed by atoms with Crippen molar-refractivity contribution in [3.8, 4) is 0 Å². The maximum absolute atomic E-state index is 12.1. The molecule has 4 heteroatoms. The van der Waals surface area contributed by atoms with E-state index in [0.717, 1.165) is 5.56 Å². The molecule has 2 atom stereocenters. The normalized spacial score (nSPS) is 14.3. The van der Waals surface area contributed by atoms with Gasteiger partial charge in [0, 0.05) is 6.54 Å². The van der Waals surface area contributed by atoms with Crippen LogP contribution in [0.2, 0.25) is 0 Å². The Bertz CT molecular complexity index is 365. The van der Waals surface area contributed by atoms with Gasteiger partial charge in [-0.1, -0.05) is 44.2 Å². The van der Waals surface area contributed by atoms with Gasteiger partial charge in [-0.05, 0) is 11.5 Å². The van der Waals surface area contributed by atoms with E-state index >= 15 is 0 Å². The summed E-state index contributed by atoms with van der Waals surface area (Å²) in [6, 6.07) is 9.23. The molecule has 100 valence electrons. The van der Waals surface area contributed by atoms with Crippen molar-refractivity contribution in [1.29, 1.82) is 0 Å². The lowest BCUT2D eigenvalue weighted by Gasteiger charge is -2.23. The van der Waals surface area contributed by atoms with Crippen LogP contribution in [0.4, 0.5) is 0 Å². The standard InChI is InChI=1S/C14H22N2O2/c1-10(2)13(9-17)16-14(18)12(8-15)11-6-4-3-5-7-11/h3-7,10,12-13,17H,8-9,15H2,1-2H3,(H,16,18). The van der Waals surface area contributed by atoms with Gasteiger partial charge in [0.25, 0.3) is 0 Å². The van der Waals surface area contributed by atoms with Crippen LogP contribution in [0.5, 0.6) is 0 Å². The number of nitrogens with two attached hydrogens (primary N) is 1. The molecule has 0 bridgehead atoms. The molecule has 0 saturated heterocycles. The van der Waals surface area contributed by atoms with E-state index in [0.29, 0.717) is 0 Å². The topological polar surface area (TPSA) is 75.3 Å². The fourth-order valence-electron chi connectivity index (χ4n) is 1.79. The number of aliphatic hydroxyl groups excluding tert-OH is 1. The van der Waals surface area contributed by atoms with E-state index in [4.69, 9.17) is 5.73 Å². The monoisotopic (exact) mass is 250 g/mol. The molecule has 0 aliphatic heterocycles. The van der Waals surface area contributed by atoms with Crippen molar-refractivity contribution in [3.63, 3.8) is 0 Å². The Morgan fingerprint density at radius 3 is 2.39 bits per heavy atom. The number of aliphatic hydroxyl groups is 1. The molecule has 0 spiro atoms. The number of hydrogen-bond acceptors (Lipinski definition) is 3. The summed E-state index contributed by atoms with van der Waals surface area (Å²) in [6.45, 7) is 4.11. The zero-order valence-electron chi connectivity index (χ0n) is 11.0. The molecule has 0 aromatic heterocycles. The number of carbonyl (C=O) groups is 1. The summed E-state index contributed by atoms with van der Waals surface area (Å²) >= 11 is 0. The molecule has 1 aromatic rings. The van der Waals surface area contributed by atoms with Gasteiger partial charge in [0.2, 0.25) is 5.91 Å². The summed E-state index contributed by atoms with van der Waals surface area (Å²) in [5, 5.41) is 12.1. The van der Waals surface area contributed by atoms with Crippen molar-refractivity contribution in [2.75, 3.05) is 13.2 Å². The van der Waals surface area contributed by atoms with Crippen LogP contribution in [0.1, 0.15) is 25.3 Å². The van der Waals surface area contributed by atoms with Crippen LogP contribution in [0, 0.1) is 5.92 Å². The van der Waals surface area contributed by atoms with Crippen LogP contribution in [-0.2, 0) is 4.79 Å². The molecule has 1 aromatic carbocycles. The van der Waals surface area contributed by atoms with Gasteiger partial charge in [-0.2, -0.15) is 0 Å². The van der Waals surface area contributed by atoms with E-state index in [-0.39, 0.29) is 36.9 Å². The SMILES string of the molecule is CC(C)C(CO)NC(=O)C(CN)c1ccccc1. The summed E-state index contributed by atoms with van der Waals surface area (Å²) < 4.78 is 0. The lowest BCUT2D eigenvalue weighted by Crippen LogP contribution is -2.44. The lowest BCUT2D eigenvalue weighted by molar-refractivity contribution is -0.123. The van der Waals surface area contributed by atoms with Crippen LogP contribution in [0.15, 0.2) is 30.3 Å². The van der Waals surface area contributed by atoms with Gasteiger partial charge in [-0.3, -0.25) is 4.79 Å². The lowest BCUT2D eigenvalue weighted by atomic mass is 9.97. The largest absolute Gasteiger partial charge is 0.394 e. The average molecular weight is 250 g/mol. The number of amides is 1. The summed E-state index contributed by atoms with van der Waals surface area (Å²) in [7, 11) is 0. The van der Waals surface area contributed by atoms with Gasteiger partial charge < -0.3 is 16.2 Å². The Labute approximate surface area is 108 Å². The van der Waals surface area contributed by atoms with Crippen LogP contribution >= 0.6 is 0 Å². The predicted molar refractivity (Wildman–Crippen MR) is 72.1 cm³/mol. The minimum atomic E-state index is -0.362. The van der Waals surface area contributed by atoms with E-state index in [1.807, 2.05) is 44.2 Å². The van der Waals surface area contributed by atoms with Crippen molar-refractivity contribution in [3.05, 3.63) is 35.9 Å². The molecule has 1 rings (SSSR count). The smallest absolute Gasteiger partial charge is 0.229 e. The molecule has 18 heavy (non-hydrogen) atoms. The van der Waals surface area contributed by atoms with Gasteiger partial charge in [0.05, 0.1) is 18.6 Å². The number of hydrogen-bond donors (Lipinski definition) is 3. The number of rotatable bonds is 6. The van der Waals surface area contributed by atoms with Crippen molar-refractivity contribution < 1.29 is 9.90 Å². The summed E-state index contributed by atoms with van der Waals surface area (Å²) in [4.78, 5) is 12.1. The highest BCUT2D eigenvalue weighted by atomic mass is 16.3. The highest BCUT2D eigenvalue weighted by Crippen LogP contribution is 2.15. The Balaban J connectivity index is 2.74. The van der Waals surface area contributed by atoms with Gasteiger partial charge in [0.15, 0.2) is 0 Å². The van der Waals surface area contributed by atoms with Crippen molar-refractivity contribution >= 4 is 5.91 Å². The first-order chi connectivity index (χ1) is 8.60. The van der Waals surface area contributed by atoms with E-state index in [1.54, 1.807) is 0 Å². The molecule has 4 nitrogen and oxygen atoms in total. The minimum Gasteiger partial charge on any atom is -0.394 e. The zero-order valence-corrected chi connectivity index (χ0v) is 11.0. The molecule has 0 heterocycles. The second-order valence-corrected chi connectivity index (χ2v) is 4.74. The van der Waals surface area contributed by atoms with Crippen LogP contribution in [-0.4, -0.2) is 30.2 Å². The number of carbonyl (C=O) groups excluding carboxylic acids is 1. The highest BCUT2D eigenvalue weighted by molar-refractivity contribution is 5.84. The first-order valence-corrected chi connectivity index (χ1v) is 6.26. The molecule has 4 N–H and O–H groups in total. The Morgan fingerprint density at radius 1 is 1.33 bits per heavy atom. The fraction of sp³-hybridized carbons (Fsp3) is 0.500. The maximum atomic E-state index is 12.1. The number of nitrogens with one attached hydrogen (secondary N) is 1. The highest BCUT2D eigenvalue weighted by Gasteiger charge is 2.22. The van der Waals surface area contributed by atoms with Crippen LogP contribution in [0.25, 0.3) is 0 Å². The Morgan fingerprint density at radius 2 is 1.94 bits per heavy atom. The summed E-state index contributed by atoms with van der Waals surface area (Å²) in [5.41, 5.74) is 6.58. The van der Waals surface area contributed by atoms with Crippen molar-refractivity contribution in [1.82, 2.24) is 5.32 Å². The third-order valence-electron chi connectivity index (χ3n) is 3.08. The van der Waals surface area contributed by atoms with Gasteiger partial charge in [-0.25, -0.2) is 0 Å². The third-order valence-corrected chi connectivity index (χ3v) is 3.08. The van der Waals surface area contributed by atoms with E-state index in [2.05, 4.69) is 5.32 Å². The quantitative estimate of drug-likeness (QED) is 0.701. The molecule has 1 amide bonds. The van der Waals surface area contributed by atoms with E-state index in [1.165, 1.54) is 0 Å². The number of benzene rings is 1. The minimum absolute atomic E-state index is 0.0600. The molecule has 2 unspecified atom stereocenters. The van der Waals surface area contributed by atoms with E-state index < -0.39 is 0 Å².